The van der Waals surface area contributed by atoms with E-state index in [0.717, 1.165) is 24.0 Å². The van der Waals surface area contributed by atoms with Crippen molar-refractivity contribution in [2.45, 2.75) is 40.8 Å². The molecule has 1 unspecified atom stereocenters. The van der Waals surface area contributed by atoms with Gasteiger partial charge in [0.1, 0.15) is 0 Å². The van der Waals surface area contributed by atoms with Crippen LogP contribution in [0.3, 0.4) is 0 Å². The van der Waals surface area contributed by atoms with Crippen LogP contribution in [0.25, 0.3) is 10.9 Å². The average molecular weight is 332 g/mol. The summed E-state index contributed by atoms with van der Waals surface area (Å²) in [5, 5.41) is 0.946. The number of esters is 1. The fourth-order valence-electron chi connectivity index (χ4n) is 3.22. The number of carbonyl (C=O) groups excluding carboxylic acids is 1. The van der Waals surface area contributed by atoms with Gasteiger partial charge in [0.15, 0.2) is 11.4 Å². The van der Waals surface area contributed by atoms with Crippen LogP contribution in [0.4, 0.5) is 0 Å². The summed E-state index contributed by atoms with van der Waals surface area (Å²) in [6, 6.07) is 7.97. The second-order valence-electron chi connectivity index (χ2n) is 5.57. The highest BCUT2D eigenvalue weighted by atomic mass is 16.5. The lowest BCUT2D eigenvalue weighted by Gasteiger charge is -2.29. The number of ether oxygens (including phenoxy) is 2. The molecular weight excluding hydrogens is 304 g/mol. The molecule has 1 heterocycles. The SMILES string of the molecule is CCOC(=O)c1c(OCC)c2ccccc2n1C(C)N(CC)CC. The summed E-state index contributed by atoms with van der Waals surface area (Å²) in [4.78, 5) is 15.0. The van der Waals surface area contributed by atoms with Crippen LogP contribution in [0.5, 0.6) is 5.75 Å². The molecule has 0 spiro atoms. The first-order chi connectivity index (χ1) is 11.6. The summed E-state index contributed by atoms with van der Waals surface area (Å²) in [7, 11) is 0. The number of para-hydroxylation sites is 1. The smallest absolute Gasteiger partial charge is 0.358 e. The van der Waals surface area contributed by atoms with E-state index in [1.165, 1.54) is 0 Å². The number of hydrogen-bond donors (Lipinski definition) is 0. The third-order valence-electron chi connectivity index (χ3n) is 4.34. The lowest BCUT2D eigenvalue weighted by molar-refractivity contribution is 0.0496. The van der Waals surface area contributed by atoms with E-state index >= 15 is 0 Å². The molecule has 2 aromatic rings. The van der Waals surface area contributed by atoms with Gasteiger partial charge in [0.05, 0.1) is 24.9 Å². The molecule has 0 aliphatic rings. The second-order valence-corrected chi connectivity index (χ2v) is 5.57. The standard InChI is InChI=1S/C19H28N2O3/c1-6-20(7-2)14(5)21-16-13-11-10-12-15(16)18(23-8-3)17(21)19(22)24-9-4/h10-14H,6-9H2,1-5H3. The first-order valence-corrected chi connectivity index (χ1v) is 8.77. The zero-order valence-electron chi connectivity index (χ0n) is 15.3. The Morgan fingerprint density at radius 1 is 1.12 bits per heavy atom. The van der Waals surface area contributed by atoms with Crippen LogP contribution in [-0.4, -0.2) is 41.7 Å². The monoisotopic (exact) mass is 332 g/mol. The van der Waals surface area contributed by atoms with E-state index in [-0.39, 0.29) is 12.1 Å². The van der Waals surface area contributed by atoms with Crippen molar-refractivity contribution in [3.05, 3.63) is 30.0 Å². The number of nitrogens with zero attached hydrogens (tertiary/aromatic N) is 2. The molecule has 0 saturated heterocycles. The molecule has 0 aliphatic heterocycles. The van der Waals surface area contributed by atoms with Gasteiger partial charge in [-0.15, -0.1) is 0 Å². The topological polar surface area (TPSA) is 43.7 Å². The van der Waals surface area contributed by atoms with Gasteiger partial charge in [-0.1, -0.05) is 26.0 Å². The minimum atomic E-state index is -0.337. The fraction of sp³-hybridized carbons (Fsp3) is 0.526. The van der Waals surface area contributed by atoms with E-state index in [4.69, 9.17) is 9.47 Å². The Balaban J connectivity index is 2.74. The van der Waals surface area contributed by atoms with Crippen molar-refractivity contribution < 1.29 is 14.3 Å². The van der Waals surface area contributed by atoms with Gasteiger partial charge in [0, 0.05) is 5.39 Å². The molecule has 0 N–H and O–H groups in total. The minimum Gasteiger partial charge on any atom is -0.491 e. The Labute approximate surface area is 144 Å². The van der Waals surface area contributed by atoms with E-state index in [2.05, 4.69) is 25.7 Å². The third kappa shape index (κ3) is 3.26. The molecule has 0 radical (unpaired) electrons. The molecule has 0 bridgehead atoms. The number of carbonyl (C=O) groups is 1. The highest BCUT2D eigenvalue weighted by molar-refractivity contribution is 6.02. The molecule has 0 saturated carbocycles. The van der Waals surface area contributed by atoms with Gasteiger partial charge in [-0.3, -0.25) is 4.90 Å². The molecular formula is C19H28N2O3. The summed E-state index contributed by atoms with van der Waals surface area (Å²) in [6.45, 7) is 12.7. The van der Waals surface area contributed by atoms with E-state index in [1.807, 2.05) is 42.7 Å². The highest BCUT2D eigenvalue weighted by Gasteiger charge is 2.29. The lowest BCUT2D eigenvalue weighted by atomic mass is 10.2. The van der Waals surface area contributed by atoms with Gasteiger partial charge < -0.3 is 14.0 Å². The third-order valence-corrected chi connectivity index (χ3v) is 4.34. The summed E-state index contributed by atoms with van der Waals surface area (Å²) in [5.41, 5.74) is 1.49. The van der Waals surface area contributed by atoms with Crippen molar-refractivity contribution in [3.63, 3.8) is 0 Å². The van der Waals surface area contributed by atoms with Gasteiger partial charge in [0.25, 0.3) is 0 Å². The highest BCUT2D eigenvalue weighted by Crippen LogP contribution is 2.37. The van der Waals surface area contributed by atoms with Crippen LogP contribution in [0.15, 0.2) is 24.3 Å². The van der Waals surface area contributed by atoms with Crippen LogP contribution in [0, 0.1) is 0 Å². The number of rotatable bonds is 8. The van der Waals surface area contributed by atoms with Gasteiger partial charge in [0.2, 0.25) is 0 Å². The first-order valence-electron chi connectivity index (χ1n) is 8.77. The molecule has 5 nitrogen and oxygen atoms in total. The molecule has 1 atom stereocenters. The summed E-state index contributed by atoms with van der Waals surface area (Å²) >= 11 is 0. The number of hydrogen-bond acceptors (Lipinski definition) is 4. The Bertz CT molecular complexity index is 689. The van der Waals surface area contributed by atoms with Gasteiger partial charge >= 0.3 is 5.97 Å². The summed E-state index contributed by atoms with van der Waals surface area (Å²) in [6.07, 6.45) is 0.0264. The van der Waals surface area contributed by atoms with Crippen molar-refractivity contribution in [2.75, 3.05) is 26.3 Å². The quantitative estimate of drug-likeness (QED) is 0.683. The molecule has 132 valence electrons. The van der Waals surface area contributed by atoms with Crippen LogP contribution >= 0.6 is 0 Å². The lowest BCUT2D eigenvalue weighted by Crippen LogP contribution is -2.32. The minimum absolute atomic E-state index is 0.0264. The predicted octanol–water partition coefficient (Wildman–Crippen LogP) is 4.08. The maximum absolute atomic E-state index is 12.7. The molecule has 0 amide bonds. The van der Waals surface area contributed by atoms with Crippen molar-refractivity contribution in [3.8, 4) is 5.75 Å². The van der Waals surface area contributed by atoms with Gasteiger partial charge in [-0.2, -0.15) is 0 Å². The maximum atomic E-state index is 12.7. The Morgan fingerprint density at radius 3 is 2.38 bits per heavy atom. The molecule has 5 heteroatoms. The second kappa shape index (κ2) is 8.20. The molecule has 0 fully saturated rings. The molecule has 2 rings (SSSR count). The van der Waals surface area contributed by atoms with Crippen molar-refractivity contribution in [2.24, 2.45) is 0 Å². The zero-order valence-corrected chi connectivity index (χ0v) is 15.3. The van der Waals surface area contributed by atoms with Crippen LogP contribution in [0.2, 0.25) is 0 Å². The molecule has 0 aliphatic carbocycles. The number of fused-ring (bicyclic) bond motifs is 1. The summed E-state index contributed by atoms with van der Waals surface area (Å²) in [5.74, 6) is 0.279. The fourth-order valence-corrected chi connectivity index (χ4v) is 3.22. The van der Waals surface area contributed by atoms with Crippen LogP contribution < -0.4 is 4.74 Å². The molecule has 1 aromatic carbocycles. The van der Waals surface area contributed by atoms with Crippen LogP contribution in [0.1, 0.15) is 51.3 Å². The number of aromatic nitrogens is 1. The first kappa shape index (κ1) is 18.3. The van der Waals surface area contributed by atoms with Crippen LogP contribution in [-0.2, 0) is 4.74 Å². The average Bonchev–Trinajstić information content (AvgIpc) is 2.91. The van der Waals surface area contributed by atoms with E-state index in [0.29, 0.717) is 24.7 Å². The normalized spacial score (nSPS) is 12.6. The van der Waals surface area contributed by atoms with Crippen molar-refractivity contribution >= 4 is 16.9 Å². The Morgan fingerprint density at radius 2 is 1.79 bits per heavy atom. The molecule has 24 heavy (non-hydrogen) atoms. The van der Waals surface area contributed by atoms with E-state index in [9.17, 15) is 4.79 Å². The zero-order chi connectivity index (χ0) is 17.7. The molecule has 1 aromatic heterocycles. The predicted molar refractivity (Wildman–Crippen MR) is 96.7 cm³/mol. The Hall–Kier alpha value is -2.01. The van der Waals surface area contributed by atoms with Crippen molar-refractivity contribution in [1.82, 2.24) is 9.47 Å². The Kier molecular flexibility index (Phi) is 6.26. The maximum Gasteiger partial charge on any atom is 0.358 e. The largest absolute Gasteiger partial charge is 0.491 e. The summed E-state index contributed by atoms with van der Waals surface area (Å²) < 4.78 is 13.2. The van der Waals surface area contributed by atoms with Gasteiger partial charge in [-0.25, -0.2) is 4.79 Å². The van der Waals surface area contributed by atoms with E-state index < -0.39 is 0 Å². The van der Waals surface area contributed by atoms with Crippen molar-refractivity contribution in [1.29, 1.82) is 0 Å². The van der Waals surface area contributed by atoms with E-state index in [1.54, 1.807) is 0 Å². The van der Waals surface area contributed by atoms with Gasteiger partial charge in [-0.05, 0) is 46.0 Å². The number of benzene rings is 1.